The van der Waals surface area contributed by atoms with Crippen molar-refractivity contribution in [2.75, 3.05) is 17.7 Å². The van der Waals surface area contributed by atoms with Crippen molar-refractivity contribution in [3.05, 3.63) is 35.0 Å². The lowest BCUT2D eigenvalue weighted by atomic mass is 9.86. The number of methoxy groups -OCH3 is 1. The molecule has 0 radical (unpaired) electrons. The van der Waals surface area contributed by atoms with Crippen LogP contribution in [0.2, 0.25) is 0 Å². The third-order valence-electron chi connectivity index (χ3n) is 4.32. The first kappa shape index (κ1) is 14.6. The number of hydrogen-bond acceptors (Lipinski definition) is 8. The quantitative estimate of drug-likeness (QED) is 0.771. The first-order valence-electron chi connectivity index (χ1n) is 7.66. The number of benzene rings is 1. The summed E-state index contributed by atoms with van der Waals surface area (Å²) in [6.45, 7) is 0. The number of Topliss-reactive ketones (excluding diaryl/α,β-unsaturated/α-hetero) is 1. The largest absolute Gasteiger partial charge is 0.504 e. The molecule has 24 heavy (non-hydrogen) atoms. The van der Waals surface area contributed by atoms with E-state index < -0.39 is 6.04 Å². The van der Waals surface area contributed by atoms with Gasteiger partial charge in [0.15, 0.2) is 17.3 Å². The van der Waals surface area contributed by atoms with Gasteiger partial charge in [-0.15, -0.1) is 0 Å². The molecule has 0 bridgehead atoms. The Labute approximate surface area is 137 Å². The first-order chi connectivity index (χ1) is 11.7. The lowest BCUT2D eigenvalue weighted by molar-refractivity contribution is -0.116. The number of carbonyl (C=O) groups excluding carboxylic acids is 1. The number of phenolic OH excluding ortho intramolecular Hbond substituents is 1. The lowest BCUT2D eigenvalue weighted by Crippen LogP contribution is -2.23. The second-order valence-corrected chi connectivity index (χ2v) is 5.76. The van der Waals surface area contributed by atoms with Crippen molar-refractivity contribution in [2.24, 2.45) is 0 Å². The van der Waals surface area contributed by atoms with Crippen LogP contribution in [0.1, 0.15) is 30.9 Å². The van der Waals surface area contributed by atoms with Crippen LogP contribution in [0.15, 0.2) is 34.1 Å². The average molecular weight is 328 g/mol. The number of fused-ring (bicyclic) bond motifs is 1. The maximum Gasteiger partial charge on any atom is 0.219 e. The Hall–Kier alpha value is -3.03. The van der Waals surface area contributed by atoms with Crippen LogP contribution in [0.3, 0.4) is 0 Å². The van der Waals surface area contributed by atoms with Gasteiger partial charge in [0, 0.05) is 17.7 Å². The number of ketones is 1. The summed E-state index contributed by atoms with van der Waals surface area (Å²) in [5, 5.41) is 24.1. The van der Waals surface area contributed by atoms with Gasteiger partial charge in [-0.1, -0.05) is 6.07 Å². The summed E-state index contributed by atoms with van der Waals surface area (Å²) in [7, 11) is 1.49. The number of nitrogens with zero attached hydrogens (tertiary/aromatic N) is 2. The molecule has 2 aromatic rings. The van der Waals surface area contributed by atoms with Crippen LogP contribution in [-0.2, 0) is 4.79 Å². The Balaban J connectivity index is 1.84. The van der Waals surface area contributed by atoms with Gasteiger partial charge >= 0.3 is 0 Å². The number of nitrogens with one attached hydrogen (secondary N) is 2. The standard InChI is InChI=1S/C16H16N4O4/c1-23-12-6-5-8(7-11(12)22)14-13-9(3-2-4-10(13)21)17-15-16(18-14)20-24-19-15/h5-7,14,22H,2-4H2,1H3,(H,17,19)(H,18,20). The molecule has 4 rings (SSSR count). The molecule has 1 aromatic heterocycles. The van der Waals surface area contributed by atoms with E-state index in [9.17, 15) is 9.90 Å². The zero-order valence-corrected chi connectivity index (χ0v) is 13.0. The summed E-state index contributed by atoms with van der Waals surface area (Å²) in [6.07, 6.45) is 2.02. The summed E-state index contributed by atoms with van der Waals surface area (Å²) >= 11 is 0. The summed E-state index contributed by atoms with van der Waals surface area (Å²) < 4.78 is 9.86. The van der Waals surface area contributed by atoms with Crippen molar-refractivity contribution in [1.29, 1.82) is 0 Å². The number of aromatic nitrogens is 2. The van der Waals surface area contributed by atoms with E-state index >= 15 is 0 Å². The van der Waals surface area contributed by atoms with Gasteiger partial charge < -0.3 is 20.5 Å². The van der Waals surface area contributed by atoms with Gasteiger partial charge in [0.25, 0.3) is 0 Å². The van der Waals surface area contributed by atoms with Crippen molar-refractivity contribution >= 4 is 17.4 Å². The molecule has 2 aliphatic rings. The van der Waals surface area contributed by atoms with Crippen LogP contribution in [0, 0.1) is 0 Å². The molecule has 1 aromatic carbocycles. The number of allylic oxidation sites excluding steroid dienone is 1. The predicted molar refractivity (Wildman–Crippen MR) is 84.8 cm³/mol. The zero-order valence-electron chi connectivity index (χ0n) is 13.0. The fourth-order valence-corrected chi connectivity index (χ4v) is 3.18. The molecule has 8 nitrogen and oxygen atoms in total. The molecule has 1 aliphatic heterocycles. The normalized spacial score (nSPS) is 19.7. The number of aromatic hydroxyl groups is 1. The van der Waals surface area contributed by atoms with Crippen molar-refractivity contribution in [3.63, 3.8) is 0 Å². The topological polar surface area (TPSA) is 110 Å². The van der Waals surface area contributed by atoms with E-state index in [0.29, 0.717) is 29.4 Å². The lowest BCUT2D eigenvalue weighted by Gasteiger charge is -2.25. The minimum Gasteiger partial charge on any atom is -0.504 e. The van der Waals surface area contributed by atoms with Crippen LogP contribution in [0.25, 0.3) is 0 Å². The molecule has 1 aliphatic carbocycles. The number of hydrogen-bond donors (Lipinski definition) is 3. The number of phenols is 1. The van der Waals surface area contributed by atoms with Crippen LogP contribution in [0.4, 0.5) is 11.6 Å². The molecule has 124 valence electrons. The van der Waals surface area contributed by atoms with E-state index in [1.165, 1.54) is 7.11 Å². The van der Waals surface area contributed by atoms with Crippen LogP contribution in [-0.4, -0.2) is 28.3 Å². The third-order valence-corrected chi connectivity index (χ3v) is 4.32. The molecule has 0 saturated heterocycles. The summed E-state index contributed by atoms with van der Waals surface area (Å²) in [5.41, 5.74) is 2.19. The highest BCUT2D eigenvalue weighted by Crippen LogP contribution is 2.40. The van der Waals surface area contributed by atoms with E-state index in [4.69, 9.17) is 9.37 Å². The molecule has 3 N–H and O–H groups in total. The van der Waals surface area contributed by atoms with Gasteiger partial charge in [-0.25, -0.2) is 4.63 Å². The maximum atomic E-state index is 12.6. The summed E-state index contributed by atoms with van der Waals surface area (Å²) in [5.74, 6) is 1.34. The number of anilines is 2. The maximum absolute atomic E-state index is 12.6. The highest BCUT2D eigenvalue weighted by Gasteiger charge is 2.34. The Kier molecular flexibility index (Phi) is 3.37. The van der Waals surface area contributed by atoms with E-state index in [0.717, 1.165) is 24.1 Å². The van der Waals surface area contributed by atoms with Gasteiger partial charge in [-0.3, -0.25) is 4.79 Å². The van der Waals surface area contributed by atoms with Gasteiger partial charge in [-0.05, 0) is 40.9 Å². The van der Waals surface area contributed by atoms with Crippen molar-refractivity contribution in [2.45, 2.75) is 25.3 Å². The van der Waals surface area contributed by atoms with E-state index in [1.807, 2.05) is 0 Å². The summed E-state index contributed by atoms with van der Waals surface area (Å²) in [6, 6.07) is 4.60. The minimum atomic E-state index is -0.453. The monoisotopic (exact) mass is 328 g/mol. The van der Waals surface area contributed by atoms with E-state index in [1.54, 1.807) is 18.2 Å². The molecule has 0 saturated carbocycles. The van der Waals surface area contributed by atoms with Crippen LogP contribution < -0.4 is 15.4 Å². The highest BCUT2D eigenvalue weighted by molar-refractivity contribution is 6.00. The minimum absolute atomic E-state index is 0.0120. The van der Waals surface area contributed by atoms with Gasteiger partial charge in [-0.2, -0.15) is 0 Å². The van der Waals surface area contributed by atoms with Crippen molar-refractivity contribution in [3.8, 4) is 11.5 Å². The molecular weight excluding hydrogens is 312 g/mol. The Morgan fingerprint density at radius 1 is 1.29 bits per heavy atom. The molecule has 2 heterocycles. The molecule has 0 fully saturated rings. The second-order valence-electron chi connectivity index (χ2n) is 5.76. The number of rotatable bonds is 2. The fourth-order valence-electron chi connectivity index (χ4n) is 3.18. The number of ether oxygens (including phenoxy) is 1. The highest BCUT2D eigenvalue weighted by atomic mass is 16.6. The SMILES string of the molecule is COc1ccc(C2Nc3nonc3NC3=C2C(=O)CCC3)cc1O. The Morgan fingerprint density at radius 3 is 2.92 bits per heavy atom. The average Bonchev–Trinajstić information content (AvgIpc) is 2.94. The third kappa shape index (κ3) is 2.27. The van der Waals surface area contributed by atoms with E-state index in [2.05, 4.69) is 20.9 Å². The van der Waals surface area contributed by atoms with Gasteiger partial charge in [0.1, 0.15) is 0 Å². The molecule has 0 spiro atoms. The predicted octanol–water partition coefficient (Wildman–Crippen LogP) is 2.37. The molecule has 1 unspecified atom stereocenters. The van der Waals surface area contributed by atoms with Crippen LogP contribution >= 0.6 is 0 Å². The summed E-state index contributed by atoms with van der Waals surface area (Å²) in [4.78, 5) is 12.6. The fraction of sp³-hybridized carbons (Fsp3) is 0.312. The van der Waals surface area contributed by atoms with Crippen molar-refractivity contribution < 1.29 is 19.3 Å². The van der Waals surface area contributed by atoms with Gasteiger partial charge in [0.2, 0.25) is 11.6 Å². The Morgan fingerprint density at radius 2 is 2.12 bits per heavy atom. The molecular formula is C16H16N4O4. The number of carbonyl (C=O) groups is 1. The molecule has 0 amide bonds. The Bertz CT molecular complexity index is 842. The zero-order chi connectivity index (χ0) is 16.7. The van der Waals surface area contributed by atoms with Crippen LogP contribution in [0.5, 0.6) is 11.5 Å². The smallest absolute Gasteiger partial charge is 0.219 e. The van der Waals surface area contributed by atoms with Gasteiger partial charge in [0.05, 0.1) is 13.2 Å². The first-order valence-corrected chi connectivity index (χ1v) is 7.66. The second kappa shape index (κ2) is 5.55. The van der Waals surface area contributed by atoms with E-state index in [-0.39, 0.29) is 11.5 Å². The molecule has 1 atom stereocenters. The molecule has 8 heteroatoms. The van der Waals surface area contributed by atoms with Crippen molar-refractivity contribution in [1.82, 2.24) is 10.3 Å².